The van der Waals surface area contributed by atoms with Crippen LogP contribution in [0.2, 0.25) is 0 Å². The number of fused-ring (bicyclic) bond motifs is 1. The molecule has 1 N–H and O–H groups in total. The Morgan fingerprint density at radius 3 is 3.00 bits per heavy atom. The third kappa shape index (κ3) is 1.74. The van der Waals surface area contributed by atoms with Crippen molar-refractivity contribution in [1.29, 1.82) is 0 Å². The average molecular weight is 271 g/mol. The number of hydrogen-bond donors (Lipinski definition) is 1. The Morgan fingerprint density at radius 2 is 2.33 bits per heavy atom. The average Bonchev–Trinajstić information content (AvgIpc) is 2.19. The van der Waals surface area contributed by atoms with E-state index < -0.39 is 11.4 Å². The van der Waals surface area contributed by atoms with E-state index in [9.17, 15) is 4.79 Å². The van der Waals surface area contributed by atoms with Gasteiger partial charge in [0, 0.05) is 10.0 Å². The van der Waals surface area contributed by atoms with Crippen molar-refractivity contribution in [3.8, 4) is 5.75 Å². The van der Waals surface area contributed by atoms with Gasteiger partial charge in [0.2, 0.25) is 0 Å². The number of carbonyl (C=O) groups is 1. The minimum atomic E-state index is -0.823. The molecule has 1 aliphatic heterocycles. The zero-order valence-corrected chi connectivity index (χ0v) is 9.87. The van der Waals surface area contributed by atoms with Gasteiger partial charge in [0.1, 0.15) is 17.8 Å². The third-order valence-corrected chi connectivity index (χ3v) is 3.45. The molecule has 0 fully saturated rings. The molecular formula is C11H11BrO3. The van der Waals surface area contributed by atoms with Gasteiger partial charge in [0.05, 0.1) is 0 Å². The Bertz CT molecular complexity index is 416. The predicted molar refractivity (Wildman–Crippen MR) is 59.1 cm³/mol. The summed E-state index contributed by atoms with van der Waals surface area (Å²) >= 11 is 3.41. The first-order valence-corrected chi connectivity index (χ1v) is 5.46. The molecule has 0 saturated heterocycles. The smallest absolute Gasteiger partial charge is 0.313 e. The molecule has 15 heavy (non-hydrogen) atoms. The summed E-state index contributed by atoms with van der Waals surface area (Å²) in [5.41, 5.74) is 0.116. The van der Waals surface area contributed by atoms with Gasteiger partial charge in [-0.3, -0.25) is 4.79 Å². The minimum absolute atomic E-state index is 0.228. The molecular weight excluding hydrogens is 260 g/mol. The quantitative estimate of drug-likeness (QED) is 0.853. The molecule has 1 atom stereocenters. The maximum absolute atomic E-state index is 11.1. The maximum atomic E-state index is 11.1. The maximum Gasteiger partial charge on any atom is 0.313 e. The minimum Gasteiger partial charge on any atom is -0.492 e. The molecule has 0 spiro atoms. The monoisotopic (exact) mass is 270 g/mol. The van der Waals surface area contributed by atoms with Crippen LogP contribution in [0.3, 0.4) is 0 Å². The summed E-state index contributed by atoms with van der Waals surface area (Å²) in [6.07, 6.45) is 0.499. The molecule has 80 valence electrons. The Hall–Kier alpha value is -1.03. The second-order valence-electron chi connectivity index (χ2n) is 4.05. The zero-order valence-electron chi connectivity index (χ0n) is 8.29. The summed E-state index contributed by atoms with van der Waals surface area (Å²) in [7, 11) is 0. The van der Waals surface area contributed by atoms with Crippen LogP contribution in [0.4, 0.5) is 0 Å². The van der Waals surface area contributed by atoms with Crippen molar-refractivity contribution in [3.63, 3.8) is 0 Å². The molecule has 2 rings (SSSR count). The van der Waals surface area contributed by atoms with Crippen LogP contribution in [0, 0.1) is 5.41 Å². The van der Waals surface area contributed by atoms with Gasteiger partial charge in [-0.1, -0.05) is 22.0 Å². The van der Waals surface area contributed by atoms with Crippen LogP contribution in [0.15, 0.2) is 22.7 Å². The fourth-order valence-electron chi connectivity index (χ4n) is 1.66. The van der Waals surface area contributed by atoms with E-state index >= 15 is 0 Å². The Labute approximate surface area is 96.2 Å². The van der Waals surface area contributed by atoms with Gasteiger partial charge >= 0.3 is 5.97 Å². The fourth-order valence-corrected chi connectivity index (χ4v) is 2.15. The number of hydrogen-bond acceptors (Lipinski definition) is 2. The van der Waals surface area contributed by atoms with Gasteiger partial charge < -0.3 is 9.84 Å². The predicted octanol–water partition coefficient (Wildman–Crippen LogP) is 2.47. The van der Waals surface area contributed by atoms with Crippen LogP contribution in [-0.4, -0.2) is 17.7 Å². The number of aliphatic carboxylic acids is 1. The fraction of sp³-hybridized carbons (Fsp3) is 0.364. The second kappa shape index (κ2) is 3.52. The van der Waals surface area contributed by atoms with Gasteiger partial charge in [-0.05, 0) is 25.5 Å². The molecule has 0 saturated carbocycles. The molecule has 1 aromatic rings. The topological polar surface area (TPSA) is 46.5 Å². The van der Waals surface area contributed by atoms with Crippen molar-refractivity contribution >= 4 is 21.9 Å². The van der Waals surface area contributed by atoms with E-state index in [2.05, 4.69) is 15.9 Å². The molecule has 0 radical (unpaired) electrons. The number of ether oxygens (including phenoxy) is 1. The van der Waals surface area contributed by atoms with Crippen LogP contribution < -0.4 is 4.74 Å². The molecule has 0 aliphatic carbocycles. The lowest BCUT2D eigenvalue weighted by atomic mass is 9.82. The summed E-state index contributed by atoms with van der Waals surface area (Å²) in [4.78, 5) is 11.1. The molecule has 0 bridgehead atoms. The highest BCUT2D eigenvalue weighted by atomic mass is 79.9. The van der Waals surface area contributed by atoms with E-state index in [1.165, 1.54) is 0 Å². The number of carboxylic acids is 1. The summed E-state index contributed by atoms with van der Waals surface area (Å²) < 4.78 is 6.38. The molecule has 4 heteroatoms. The SMILES string of the molecule is CC1(C(=O)O)COc2cccc(Br)c2C1. The zero-order chi connectivity index (χ0) is 11.1. The standard InChI is InChI=1S/C11H11BrO3/c1-11(10(13)14)5-7-8(12)3-2-4-9(7)15-6-11/h2-4H,5-6H2,1H3,(H,13,14). The molecule has 1 unspecified atom stereocenters. The van der Waals surface area contributed by atoms with E-state index in [1.54, 1.807) is 6.92 Å². The van der Waals surface area contributed by atoms with Crippen molar-refractivity contribution < 1.29 is 14.6 Å². The van der Waals surface area contributed by atoms with Gasteiger partial charge in [-0.15, -0.1) is 0 Å². The lowest BCUT2D eigenvalue weighted by Gasteiger charge is -2.31. The number of halogens is 1. The number of carboxylic acid groups (broad SMARTS) is 1. The van der Waals surface area contributed by atoms with E-state index in [4.69, 9.17) is 9.84 Å². The van der Waals surface area contributed by atoms with Gasteiger partial charge in [-0.2, -0.15) is 0 Å². The molecule has 3 nitrogen and oxygen atoms in total. The van der Waals surface area contributed by atoms with Crippen LogP contribution in [-0.2, 0) is 11.2 Å². The van der Waals surface area contributed by atoms with Crippen molar-refractivity contribution in [3.05, 3.63) is 28.2 Å². The number of rotatable bonds is 1. The van der Waals surface area contributed by atoms with E-state index in [0.717, 1.165) is 15.8 Å². The van der Waals surface area contributed by atoms with E-state index in [-0.39, 0.29) is 6.61 Å². The van der Waals surface area contributed by atoms with Crippen LogP contribution in [0.25, 0.3) is 0 Å². The van der Waals surface area contributed by atoms with Crippen LogP contribution in [0.1, 0.15) is 12.5 Å². The highest BCUT2D eigenvalue weighted by Gasteiger charge is 2.39. The van der Waals surface area contributed by atoms with Crippen LogP contribution >= 0.6 is 15.9 Å². The summed E-state index contributed by atoms with van der Waals surface area (Å²) in [6, 6.07) is 5.64. The molecule has 1 aliphatic rings. The Balaban J connectivity index is 2.42. The summed E-state index contributed by atoms with van der Waals surface area (Å²) in [5, 5.41) is 9.12. The highest BCUT2D eigenvalue weighted by molar-refractivity contribution is 9.10. The second-order valence-corrected chi connectivity index (χ2v) is 4.90. The Kier molecular flexibility index (Phi) is 2.46. The third-order valence-electron chi connectivity index (χ3n) is 2.71. The van der Waals surface area contributed by atoms with Crippen molar-refractivity contribution in [2.45, 2.75) is 13.3 Å². The van der Waals surface area contributed by atoms with Gasteiger partial charge in [0.25, 0.3) is 0 Å². The van der Waals surface area contributed by atoms with Gasteiger partial charge in [-0.25, -0.2) is 0 Å². The van der Waals surface area contributed by atoms with Crippen molar-refractivity contribution in [2.75, 3.05) is 6.61 Å². The van der Waals surface area contributed by atoms with E-state index in [1.807, 2.05) is 18.2 Å². The molecule has 1 aromatic carbocycles. The van der Waals surface area contributed by atoms with Crippen LogP contribution in [0.5, 0.6) is 5.75 Å². The summed E-state index contributed by atoms with van der Waals surface area (Å²) in [6.45, 7) is 1.93. The highest BCUT2D eigenvalue weighted by Crippen LogP contribution is 2.38. The number of benzene rings is 1. The molecule has 1 heterocycles. The molecule has 0 aromatic heterocycles. The van der Waals surface area contributed by atoms with Gasteiger partial charge in [0.15, 0.2) is 0 Å². The first-order chi connectivity index (χ1) is 7.03. The lowest BCUT2D eigenvalue weighted by molar-refractivity contribution is -0.150. The first-order valence-electron chi connectivity index (χ1n) is 4.66. The van der Waals surface area contributed by atoms with E-state index in [0.29, 0.717) is 6.42 Å². The summed E-state index contributed by atoms with van der Waals surface area (Å²) in [5.74, 6) is -0.0352. The lowest BCUT2D eigenvalue weighted by Crippen LogP contribution is -2.39. The normalized spacial score (nSPS) is 24.1. The first kappa shape index (κ1) is 10.5. The Morgan fingerprint density at radius 1 is 1.60 bits per heavy atom. The molecule has 0 amide bonds. The van der Waals surface area contributed by atoms with Crippen molar-refractivity contribution in [1.82, 2.24) is 0 Å². The van der Waals surface area contributed by atoms with Crippen molar-refractivity contribution in [2.24, 2.45) is 5.41 Å². The largest absolute Gasteiger partial charge is 0.492 e.